The van der Waals surface area contributed by atoms with E-state index >= 15 is 0 Å². The zero-order chi connectivity index (χ0) is 16.0. The molecule has 1 atom stereocenters. The first-order valence-electron chi connectivity index (χ1n) is 7.87. The van der Waals surface area contributed by atoms with Gasteiger partial charge in [0.15, 0.2) is 0 Å². The molecule has 0 aromatic heterocycles. The van der Waals surface area contributed by atoms with Crippen molar-refractivity contribution in [2.45, 2.75) is 25.0 Å². The summed E-state index contributed by atoms with van der Waals surface area (Å²) in [7, 11) is 0. The molecular weight excluding hydrogens is 294 g/mol. The van der Waals surface area contributed by atoms with Crippen molar-refractivity contribution >= 4 is 23.5 Å². The molecule has 2 rings (SSSR count). The minimum absolute atomic E-state index is 0.0553. The normalized spacial score (nSPS) is 18.3. The van der Waals surface area contributed by atoms with Gasteiger partial charge in [-0.1, -0.05) is 18.2 Å². The fraction of sp³-hybridized carbons (Fsp3) is 0.588. The van der Waals surface area contributed by atoms with Gasteiger partial charge in [0.1, 0.15) is 0 Å². The molecule has 0 bridgehead atoms. The van der Waals surface area contributed by atoms with Gasteiger partial charge in [0, 0.05) is 36.6 Å². The molecule has 1 aliphatic heterocycles. The van der Waals surface area contributed by atoms with E-state index < -0.39 is 0 Å². The van der Waals surface area contributed by atoms with E-state index in [0.717, 1.165) is 26.1 Å². The number of rotatable bonds is 6. The first-order chi connectivity index (χ1) is 10.5. The minimum Gasteiger partial charge on any atom is -0.371 e. The van der Waals surface area contributed by atoms with E-state index in [-0.39, 0.29) is 10.8 Å². The van der Waals surface area contributed by atoms with Crippen LogP contribution in [0.25, 0.3) is 0 Å². The van der Waals surface area contributed by atoms with Crippen LogP contribution in [0.1, 0.15) is 20.3 Å². The number of para-hydroxylation sites is 1. The summed E-state index contributed by atoms with van der Waals surface area (Å²) in [6.07, 6.45) is 3.20. The first kappa shape index (κ1) is 17.0. The Labute approximate surface area is 138 Å². The van der Waals surface area contributed by atoms with Gasteiger partial charge in [-0.3, -0.25) is 0 Å². The number of hydrogen-bond acceptors (Lipinski definition) is 3. The lowest BCUT2D eigenvalue weighted by Crippen LogP contribution is -2.43. The van der Waals surface area contributed by atoms with Crippen LogP contribution < -0.4 is 15.5 Å². The molecule has 0 aliphatic carbocycles. The Bertz CT molecular complexity index is 478. The molecule has 5 heteroatoms. The van der Waals surface area contributed by atoms with Crippen molar-refractivity contribution in [1.82, 2.24) is 10.6 Å². The Morgan fingerprint density at radius 2 is 2.05 bits per heavy atom. The van der Waals surface area contributed by atoms with Crippen LogP contribution in [0.3, 0.4) is 0 Å². The topological polar surface area (TPSA) is 44.4 Å². The van der Waals surface area contributed by atoms with Crippen LogP contribution in [0.4, 0.5) is 10.5 Å². The summed E-state index contributed by atoms with van der Waals surface area (Å²) in [5, 5.41) is 5.96. The van der Waals surface area contributed by atoms with E-state index in [1.165, 1.54) is 5.69 Å². The summed E-state index contributed by atoms with van der Waals surface area (Å²) in [6.45, 7) is 7.77. The third-order valence-electron chi connectivity index (χ3n) is 4.19. The molecule has 4 nitrogen and oxygen atoms in total. The van der Waals surface area contributed by atoms with E-state index in [2.05, 4.69) is 59.9 Å². The fourth-order valence-electron chi connectivity index (χ4n) is 2.54. The molecule has 1 fully saturated rings. The fourth-order valence-corrected chi connectivity index (χ4v) is 2.75. The molecule has 0 unspecified atom stereocenters. The van der Waals surface area contributed by atoms with Crippen LogP contribution in [-0.2, 0) is 0 Å². The van der Waals surface area contributed by atoms with E-state index in [1.54, 1.807) is 11.8 Å². The number of benzene rings is 1. The summed E-state index contributed by atoms with van der Waals surface area (Å²) in [4.78, 5) is 14.3. The van der Waals surface area contributed by atoms with Gasteiger partial charge in [-0.25, -0.2) is 4.79 Å². The largest absolute Gasteiger partial charge is 0.371 e. The molecule has 0 spiro atoms. The molecule has 0 saturated carbocycles. The summed E-state index contributed by atoms with van der Waals surface area (Å²) in [6, 6.07) is 10.4. The zero-order valence-electron chi connectivity index (χ0n) is 13.8. The van der Waals surface area contributed by atoms with Gasteiger partial charge in [-0.2, -0.15) is 11.8 Å². The maximum atomic E-state index is 11.9. The van der Waals surface area contributed by atoms with Crippen molar-refractivity contribution < 1.29 is 4.79 Å². The van der Waals surface area contributed by atoms with Crippen molar-refractivity contribution in [1.29, 1.82) is 0 Å². The highest BCUT2D eigenvalue weighted by Gasteiger charge is 2.23. The quantitative estimate of drug-likeness (QED) is 0.847. The lowest BCUT2D eigenvalue weighted by Gasteiger charge is -2.22. The van der Waals surface area contributed by atoms with E-state index in [4.69, 9.17) is 0 Å². The summed E-state index contributed by atoms with van der Waals surface area (Å²) >= 11 is 1.76. The minimum atomic E-state index is -0.0553. The van der Waals surface area contributed by atoms with Crippen molar-refractivity contribution in [3.05, 3.63) is 30.3 Å². The monoisotopic (exact) mass is 321 g/mol. The molecule has 22 heavy (non-hydrogen) atoms. The van der Waals surface area contributed by atoms with Crippen LogP contribution in [-0.4, -0.2) is 43.2 Å². The van der Waals surface area contributed by atoms with Crippen molar-refractivity contribution in [3.63, 3.8) is 0 Å². The zero-order valence-corrected chi connectivity index (χ0v) is 14.6. The smallest absolute Gasteiger partial charge is 0.314 e. The second-order valence-electron chi connectivity index (χ2n) is 6.46. The Kier molecular flexibility index (Phi) is 6.00. The van der Waals surface area contributed by atoms with E-state index in [1.807, 2.05) is 6.07 Å². The van der Waals surface area contributed by atoms with Crippen molar-refractivity contribution in [2.75, 3.05) is 37.3 Å². The summed E-state index contributed by atoms with van der Waals surface area (Å²) in [5.41, 5.74) is 1.27. The van der Waals surface area contributed by atoms with Crippen molar-refractivity contribution in [3.8, 4) is 0 Å². The Morgan fingerprint density at radius 3 is 2.73 bits per heavy atom. The lowest BCUT2D eigenvalue weighted by molar-refractivity contribution is 0.238. The number of hydrogen-bond donors (Lipinski definition) is 2. The van der Waals surface area contributed by atoms with Gasteiger partial charge in [0.05, 0.1) is 0 Å². The van der Waals surface area contributed by atoms with E-state index in [0.29, 0.717) is 12.5 Å². The van der Waals surface area contributed by atoms with E-state index in [9.17, 15) is 4.79 Å². The molecule has 2 amide bonds. The third-order valence-corrected chi connectivity index (χ3v) is 5.44. The Morgan fingerprint density at radius 1 is 1.32 bits per heavy atom. The van der Waals surface area contributed by atoms with Crippen molar-refractivity contribution in [2.24, 2.45) is 5.92 Å². The Balaban J connectivity index is 1.69. The van der Waals surface area contributed by atoms with Crippen LogP contribution in [0.15, 0.2) is 30.3 Å². The first-order valence-corrected chi connectivity index (χ1v) is 9.09. The standard InChI is InChI=1S/C17H27N3OS/c1-17(2,22-3)13-19-16(21)18-11-14-9-10-20(12-14)15-7-5-4-6-8-15/h4-8,14H,9-13H2,1-3H3,(H2,18,19,21)/t14-/m1/s1. The molecule has 1 saturated heterocycles. The summed E-state index contributed by atoms with van der Waals surface area (Å²) < 4.78 is 0.0782. The second kappa shape index (κ2) is 7.77. The second-order valence-corrected chi connectivity index (χ2v) is 7.98. The van der Waals surface area contributed by atoms with Gasteiger partial charge in [0.2, 0.25) is 0 Å². The summed E-state index contributed by atoms with van der Waals surface area (Å²) in [5.74, 6) is 0.527. The number of amides is 2. The number of carbonyl (C=O) groups is 1. The molecule has 122 valence electrons. The third kappa shape index (κ3) is 5.13. The molecule has 1 aliphatic rings. The molecule has 1 aromatic carbocycles. The lowest BCUT2D eigenvalue weighted by atomic mass is 10.1. The predicted molar refractivity (Wildman–Crippen MR) is 95.8 cm³/mol. The number of nitrogens with zero attached hydrogens (tertiary/aromatic N) is 1. The van der Waals surface area contributed by atoms with Crippen LogP contribution in [0.2, 0.25) is 0 Å². The molecule has 1 heterocycles. The van der Waals surface area contributed by atoms with Gasteiger partial charge >= 0.3 is 6.03 Å². The number of thioether (sulfide) groups is 1. The van der Waals surface area contributed by atoms with Gasteiger partial charge < -0.3 is 15.5 Å². The molecule has 2 N–H and O–H groups in total. The highest BCUT2D eigenvalue weighted by molar-refractivity contribution is 7.99. The molecule has 1 aromatic rings. The SMILES string of the molecule is CSC(C)(C)CNC(=O)NC[C@H]1CCN(c2ccccc2)C1. The number of carbonyl (C=O) groups excluding carboxylic acids is 1. The maximum Gasteiger partial charge on any atom is 0.314 e. The Hall–Kier alpha value is -1.36. The molecular formula is C17H27N3OS. The van der Waals surface area contributed by atoms with Gasteiger partial charge in [-0.05, 0) is 44.6 Å². The average molecular weight is 321 g/mol. The van der Waals surface area contributed by atoms with Gasteiger partial charge in [-0.15, -0.1) is 0 Å². The predicted octanol–water partition coefficient (Wildman–Crippen LogP) is 2.95. The number of urea groups is 1. The van der Waals surface area contributed by atoms with Crippen LogP contribution in [0.5, 0.6) is 0 Å². The highest BCUT2D eigenvalue weighted by Crippen LogP contribution is 2.23. The van der Waals surface area contributed by atoms with Crippen LogP contribution in [0, 0.1) is 5.92 Å². The average Bonchev–Trinajstić information content (AvgIpc) is 3.01. The van der Waals surface area contributed by atoms with Gasteiger partial charge in [0.25, 0.3) is 0 Å². The maximum absolute atomic E-state index is 11.9. The number of nitrogens with one attached hydrogen (secondary N) is 2. The molecule has 0 radical (unpaired) electrons. The van der Waals surface area contributed by atoms with Crippen LogP contribution >= 0.6 is 11.8 Å². The number of anilines is 1. The highest BCUT2D eigenvalue weighted by atomic mass is 32.2.